The Kier molecular flexibility index (Phi) is 6.66. The molecule has 152 valence electrons. The number of aryl methyl sites for hydroxylation is 1. The number of furan rings is 1. The molecular weight excluding hydrogens is 362 g/mol. The van der Waals surface area contributed by atoms with Crippen molar-refractivity contribution in [3.8, 4) is 0 Å². The average Bonchev–Trinajstić information content (AvgIpc) is 3.22. The predicted molar refractivity (Wildman–Crippen MR) is 106 cm³/mol. The van der Waals surface area contributed by atoms with Crippen molar-refractivity contribution in [3.63, 3.8) is 0 Å². The lowest BCUT2D eigenvalue weighted by atomic mass is 9.79. The lowest BCUT2D eigenvalue weighted by molar-refractivity contribution is -0.139. The number of carbonyl (C=O) groups excluding carboxylic acids is 1. The molecule has 0 N–H and O–H groups in total. The van der Waals surface area contributed by atoms with Gasteiger partial charge in [0.1, 0.15) is 11.5 Å². The van der Waals surface area contributed by atoms with E-state index in [0.29, 0.717) is 13.0 Å². The summed E-state index contributed by atoms with van der Waals surface area (Å²) in [4.78, 5) is 15.1. The molecule has 0 unspecified atom stereocenters. The predicted octanol–water partition coefficient (Wildman–Crippen LogP) is 4.10. The van der Waals surface area contributed by atoms with Crippen molar-refractivity contribution < 1.29 is 17.6 Å². The van der Waals surface area contributed by atoms with Crippen LogP contribution in [0.1, 0.15) is 69.8 Å². The highest BCUT2D eigenvalue weighted by Gasteiger charge is 2.38. The van der Waals surface area contributed by atoms with Crippen LogP contribution in [0.3, 0.4) is 0 Å². The summed E-state index contributed by atoms with van der Waals surface area (Å²) in [6, 6.07) is 3.56. The first kappa shape index (κ1) is 20.4. The summed E-state index contributed by atoms with van der Waals surface area (Å²) in [5.74, 6) is 2.73. The van der Waals surface area contributed by atoms with E-state index in [4.69, 9.17) is 4.42 Å². The Morgan fingerprint density at radius 1 is 1.19 bits per heavy atom. The van der Waals surface area contributed by atoms with Crippen molar-refractivity contribution >= 4 is 15.7 Å². The number of carbonyl (C=O) groups is 1. The van der Waals surface area contributed by atoms with E-state index >= 15 is 0 Å². The SMILES string of the molecule is CCCCC1CCC(C(=O)N(Cc2ccc(C)o2)[C@H]2CCS(=O)(=O)C2)CC1. The van der Waals surface area contributed by atoms with E-state index < -0.39 is 9.84 Å². The molecule has 6 heteroatoms. The van der Waals surface area contributed by atoms with Crippen molar-refractivity contribution in [2.24, 2.45) is 11.8 Å². The Balaban J connectivity index is 1.67. The molecule has 0 spiro atoms. The van der Waals surface area contributed by atoms with Gasteiger partial charge in [0.05, 0.1) is 18.1 Å². The third-order valence-electron chi connectivity index (χ3n) is 6.22. The fourth-order valence-electron chi connectivity index (χ4n) is 4.57. The number of amides is 1. The average molecular weight is 396 g/mol. The van der Waals surface area contributed by atoms with Crippen LogP contribution in [0, 0.1) is 18.8 Å². The molecule has 5 nitrogen and oxygen atoms in total. The van der Waals surface area contributed by atoms with Crippen LogP contribution in [0.25, 0.3) is 0 Å². The largest absolute Gasteiger partial charge is 0.464 e. The molecule has 1 saturated carbocycles. The van der Waals surface area contributed by atoms with Crippen LogP contribution in [0.15, 0.2) is 16.5 Å². The van der Waals surface area contributed by atoms with Gasteiger partial charge in [-0.3, -0.25) is 4.79 Å². The lowest BCUT2D eigenvalue weighted by Crippen LogP contribution is -2.44. The third kappa shape index (κ3) is 5.37. The summed E-state index contributed by atoms with van der Waals surface area (Å²) >= 11 is 0. The van der Waals surface area contributed by atoms with E-state index in [1.807, 2.05) is 19.1 Å². The lowest BCUT2D eigenvalue weighted by Gasteiger charge is -2.34. The Bertz CT molecular complexity index is 731. The molecule has 1 atom stereocenters. The summed E-state index contributed by atoms with van der Waals surface area (Å²) in [5.41, 5.74) is 0. The molecular formula is C21H33NO4S. The van der Waals surface area contributed by atoms with E-state index in [1.165, 1.54) is 19.3 Å². The van der Waals surface area contributed by atoms with Gasteiger partial charge in [-0.1, -0.05) is 26.2 Å². The van der Waals surface area contributed by atoms with E-state index in [0.717, 1.165) is 43.1 Å². The molecule has 2 fully saturated rings. The smallest absolute Gasteiger partial charge is 0.226 e. The molecule has 1 saturated heterocycles. The van der Waals surface area contributed by atoms with E-state index in [9.17, 15) is 13.2 Å². The molecule has 2 heterocycles. The van der Waals surface area contributed by atoms with Gasteiger partial charge in [-0.2, -0.15) is 0 Å². The van der Waals surface area contributed by atoms with Gasteiger partial charge in [-0.25, -0.2) is 8.42 Å². The molecule has 1 aromatic heterocycles. The second kappa shape index (κ2) is 8.80. The number of unbranched alkanes of at least 4 members (excludes halogenated alkanes) is 1. The molecule has 1 aliphatic heterocycles. The minimum Gasteiger partial charge on any atom is -0.464 e. The number of hydrogen-bond donors (Lipinski definition) is 0. The van der Waals surface area contributed by atoms with Crippen LogP contribution in [0.2, 0.25) is 0 Å². The fraction of sp³-hybridized carbons (Fsp3) is 0.762. The van der Waals surface area contributed by atoms with Gasteiger partial charge in [0.2, 0.25) is 5.91 Å². The molecule has 0 radical (unpaired) electrons. The summed E-state index contributed by atoms with van der Waals surface area (Å²) in [6.07, 6.45) is 8.41. The maximum Gasteiger partial charge on any atom is 0.226 e. The number of sulfone groups is 1. The monoisotopic (exact) mass is 395 g/mol. The van der Waals surface area contributed by atoms with Gasteiger partial charge in [-0.15, -0.1) is 0 Å². The Hall–Kier alpha value is -1.30. The van der Waals surface area contributed by atoms with E-state index in [1.54, 1.807) is 4.90 Å². The summed E-state index contributed by atoms with van der Waals surface area (Å²) < 4.78 is 29.6. The minimum atomic E-state index is -3.04. The third-order valence-corrected chi connectivity index (χ3v) is 7.97. The van der Waals surface area contributed by atoms with E-state index in [-0.39, 0.29) is 29.4 Å². The molecule has 2 aliphatic rings. The fourth-order valence-corrected chi connectivity index (χ4v) is 6.30. The topological polar surface area (TPSA) is 67.6 Å². The Labute approximate surface area is 163 Å². The second-order valence-electron chi connectivity index (χ2n) is 8.40. The van der Waals surface area contributed by atoms with Gasteiger partial charge in [-0.05, 0) is 57.1 Å². The van der Waals surface area contributed by atoms with Gasteiger partial charge in [0.15, 0.2) is 9.84 Å². The summed E-state index contributed by atoms with van der Waals surface area (Å²) in [7, 11) is -3.04. The number of nitrogens with zero attached hydrogens (tertiary/aromatic N) is 1. The summed E-state index contributed by atoms with van der Waals surface area (Å²) in [6.45, 7) is 4.48. The van der Waals surface area contributed by atoms with Crippen molar-refractivity contribution in [1.82, 2.24) is 4.90 Å². The van der Waals surface area contributed by atoms with Crippen LogP contribution in [-0.4, -0.2) is 36.8 Å². The second-order valence-corrected chi connectivity index (χ2v) is 10.6. The summed E-state index contributed by atoms with van der Waals surface area (Å²) in [5, 5.41) is 0. The molecule has 1 aromatic rings. The number of rotatable bonds is 7. The first-order chi connectivity index (χ1) is 12.9. The zero-order chi connectivity index (χ0) is 19.4. The van der Waals surface area contributed by atoms with Crippen LogP contribution >= 0.6 is 0 Å². The van der Waals surface area contributed by atoms with Crippen LogP contribution in [0.5, 0.6) is 0 Å². The van der Waals surface area contributed by atoms with Crippen molar-refractivity contribution in [1.29, 1.82) is 0 Å². The van der Waals surface area contributed by atoms with Gasteiger partial charge in [0.25, 0.3) is 0 Å². The standard InChI is InChI=1S/C21H33NO4S/c1-3-4-5-17-7-9-18(10-8-17)21(23)22(14-20-11-6-16(2)26-20)19-12-13-27(24,25)15-19/h6,11,17-19H,3-5,7-10,12-15H2,1-2H3/t17?,18?,19-/m0/s1. The molecule has 3 rings (SSSR count). The van der Waals surface area contributed by atoms with Crippen LogP contribution in [0.4, 0.5) is 0 Å². The van der Waals surface area contributed by atoms with Crippen molar-refractivity contribution in [2.45, 2.75) is 77.8 Å². The zero-order valence-corrected chi connectivity index (χ0v) is 17.5. The molecule has 0 aromatic carbocycles. The number of hydrogen-bond acceptors (Lipinski definition) is 4. The maximum absolute atomic E-state index is 13.3. The highest BCUT2D eigenvalue weighted by molar-refractivity contribution is 7.91. The molecule has 1 amide bonds. The van der Waals surface area contributed by atoms with Gasteiger partial charge in [0, 0.05) is 12.0 Å². The van der Waals surface area contributed by atoms with Gasteiger partial charge >= 0.3 is 0 Å². The first-order valence-corrected chi connectivity index (χ1v) is 12.3. The molecule has 27 heavy (non-hydrogen) atoms. The first-order valence-electron chi connectivity index (χ1n) is 10.4. The molecule has 1 aliphatic carbocycles. The minimum absolute atomic E-state index is 0.0299. The van der Waals surface area contributed by atoms with Gasteiger partial charge < -0.3 is 9.32 Å². The van der Waals surface area contributed by atoms with E-state index in [2.05, 4.69) is 6.92 Å². The quantitative estimate of drug-likeness (QED) is 0.697. The normalized spacial score (nSPS) is 27.6. The Morgan fingerprint density at radius 3 is 2.48 bits per heavy atom. The van der Waals surface area contributed by atoms with Crippen LogP contribution < -0.4 is 0 Å². The maximum atomic E-state index is 13.3. The Morgan fingerprint density at radius 2 is 1.93 bits per heavy atom. The van der Waals surface area contributed by atoms with Crippen molar-refractivity contribution in [3.05, 3.63) is 23.7 Å². The van der Waals surface area contributed by atoms with Crippen LogP contribution in [-0.2, 0) is 21.2 Å². The zero-order valence-electron chi connectivity index (χ0n) is 16.7. The van der Waals surface area contributed by atoms with Crippen molar-refractivity contribution in [2.75, 3.05) is 11.5 Å². The highest BCUT2D eigenvalue weighted by Crippen LogP contribution is 2.34. The molecule has 0 bridgehead atoms. The highest BCUT2D eigenvalue weighted by atomic mass is 32.2.